The second kappa shape index (κ2) is 13.3. The van der Waals surface area contributed by atoms with Crippen LogP contribution in [0.15, 0.2) is 36.4 Å². The van der Waals surface area contributed by atoms with Crippen LogP contribution in [0.3, 0.4) is 0 Å². The minimum Gasteiger partial charge on any atom is -0.490 e. The Morgan fingerprint density at radius 3 is 2.17 bits per heavy atom. The van der Waals surface area contributed by atoms with Crippen LogP contribution in [0, 0.1) is 17.8 Å². The minimum absolute atomic E-state index is 0.0301. The van der Waals surface area contributed by atoms with Gasteiger partial charge in [-0.15, -0.1) is 0 Å². The molecular weight excluding hydrogens is 448 g/mol. The van der Waals surface area contributed by atoms with Crippen LogP contribution in [0.4, 0.5) is 0 Å². The van der Waals surface area contributed by atoms with E-state index in [1.54, 1.807) is 0 Å². The molecule has 0 amide bonds. The van der Waals surface area contributed by atoms with E-state index in [4.69, 9.17) is 9.47 Å². The zero-order chi connectivity index (χ0) is 26.9. The van der Waals surface area contributed by atoms with Gasteiger partial charge in [0.15, 0.2) is 5.78 Å². The molecule has 194 valence electrons. The molecule has 2 aliphatic rings. The number of methoxy groups -OCH3 is 1. The van der Waals surface area contributed by atoms with Crippen LogP contribution >= 0.6 is 0 Å². The lowest BCUT2D eigenvalue weighted by atomic mass is 9.71. The molecule has 2 aromatic rings. The Hall–Kier alpha value is -3.06. The highest BCUT2D eigenvalue weighted by atomic mass is 16.5. The average Bonchev–Trinajstić information content (AvgIpc) is 3.64. The summed E-state index contributed by atoms with van der Waals surface area (Å²) in [7, 11) is 1.38. The average molecular weight is 491 g/mol. The van der Waals surface area contributed by atoms with E-state index >= 15 is 0 Å². The van der Waals surface area contributed by atoms with E-state index in [1.807, 2.05) is 64.1 Å². The van der Waals surface area contributed by atoms with Gasteiger partial charge in [-0.05, 0) is 67.0 Å². The molecule has 0 aliphatic heterocycles. The van der Waals surface area contributed by atoms with E-state index < -0.39 is 0 Å². The first kappa shape index (κ1) is 29.2. The molecule has 0 N–H and O–H groups in total. The van der Waals surface area contributed by atoms with Gasteiger partial charge < -0.3 is 9.47 Å². The van der Waals surface area contributed by atoms with Gasteiger partial charge in [-0.3, -0.25) is 9.59 Å². The molecule has 4 nitrogen and oxygen atoms in total. The van der Waals surface area contributed by atoms with Crippen LogP contribution in [-0.4, -0.2) is 25.0 Å². The molecule has 0 heterocycles. The largest absolute Gasteiger partial charge is 0.490 e. The molecule has 0 saturated heterocycles. The number of benzene rings is 2. The number of Topliss-reactive ketones (excluding diaryl/α,β-unsaturated/α-hetero) is 1. The Labute approximate surface area is 217 Å². The van der Waals surface area contributed by atoms with Crippen molar-refractivity contribution in [3.63, 3.8) is 0 Å². The van der Waals surface area contributed by atoms with Gasteiger partial charge in [0.25, 0.3) is 0 Å². The quantitative estimate of drug-likeness (QED) is 0.334. The fourth-order valence-corrected chi connectivity index (χ4v) is 3.80. The number of fused-ring (bicyclic) bond motifs is 1. The van der Waals surface area contributed by atoms with Crippen molar-refractivity contribution in [3.8, 4) is 17.6 Å². The van der Waals surface area contributed by atoms with Crippen LogP contribution in [0.2, 0.25) is 0 Å². The summed E-state index contributed by atoms with van der Waals surface area (Å²) in [5.74, 6) is 7.97. The van der Waals surface area contributed by atoms with Gasteiger partial charge in [0.2, 0.25) is 0 Å². The molecule has 2 aromatic carbocycles. The number of carbonyl (C=O) groups excluding carboxylic acids is 2. The number of rotatable bonds is 4. The lowest BCUT2D eigenvalue weighted by Gasteiger charge is -2.33. The summed E-state index contributed by atoms with van der Waals surface area (Å²) in [4.78, 5) is 24.0. The minimum atomic E-state index is -0.266. The molecule has 1 saturated carbocycles. The van der Waals surface area contributed by atoms with E-state index in [0.29, 0.717) is 17.7 Å². The zero-order valence-electron chi connectivity index (χ0n) is 23.3. The summed E-state index contributed by atoms with van der Waals surface area (Å²) in [5, 5.41) is 0. The molecule has 4 rings (SSSR count). The lowest BCUT2D eigenvalue weighted by molar-refractivity contribution is -0.139. The van der Waals surface area contributed by atoms with Gasteiger partial charge in [0.1, 0.15) is 5.75 Å². The molecule has 0 spiro atoms. The highest BCUT2D eigenvalue weighted by Crippen LogP contribution is 2.41. The summed E-state index contributed by atoms with van der Waals surface area (Å²) in [5.41, 5.74) is 4.17. The van der Waals surface area contributed by atoms with Crippen molar-refractivity contribution in [1.29, 1.82) is 0 Å². The first-order chi connectivity index (χ1) is 17.1. The Morgan fingerprint density at radius 1 is 1.06 bits per heavy atom. The summed E-state index contributed by atoms with van der Waals surface area (Å²) in [6, 6.07) is 11.4. The van der Waals surface area contributed by atoms with Crippen LogP contribution in [0.5, 0.6) is 5.75 Å². The second-order valence-corrected chi connectivity index (χ2v) is 10.3. The molecule has 36 heavy (non-hydrogen) atoms. The fourth-order valence-electron chi connectivity index (χ4n) is 3.80. The first-order valence-electron chi connectivity index (χ1n) is 13.1. The highest BCUT2D eigenvalue weighted by molar-refractivity contribution is 6.02. The smallest absolute Gasteiger partial charge is 0.309 e. The van der Waals surface area contributed by atoms with E-state index in [0.717, 1.165) is 34.6 Å². The van der Waals surface area contributed by atoms with Gasteiger partial charge in [0.05, 0.1) is 25.2 Å². The number of ether oxygens (including phenoxy) is 2. The standard InChI is InChI=1S/C26H28O4.C4H8.C2H6/c1-17(2)30-23-15-20(14-21-25(23)22(27)12-13-26(21,3)4)11-8-18-6-9-19(10-7-18)16-24(28)29-5;1-4-2-3-4;1-2/h6-7,9-10,14-15,17H,12-13,16H2,1-5H3;4H,2-3H2,1H3;1-2H3. The zero-order valence-corrected chi connectivity index (χ0v) is 23.3. The van der Waals surface area contributed by atoms with Crippen molar-refractivity contribution < 1.29 is 19.1 Å². The molecular formula is C32H42O4. The van der Waals surface area contributed by atoms with Crippen molar-refractivity contribution >= 4 is 11.8 Å². The maximum absolute atomic E-state index is 12.6. The number of hydrogen-bond acceptors (Lipinski definition) is 4. The van der Waals surface area contributed by atoms with Crippen molar-refractivity contribution in [2.24, 2.45) is 5.92 Å². The number of ketones is 1. The third-order valence-corrected chi connectivity index (χ3v) is 6.20. The third kappa shape index (κ3) is 8.55. The maximum Gasteiger partial charge on any atom is 0.309 e. The Bertz CT molecular complexity index is 1090. The predicted octanol–water partition coefficient (Wildman–Crippen LogP) is 7.29. The molecule has 2 aliphatic carbocycles. The van der Waals surface area contributed by atoms with Crippen LogP contribution in [0.1, 0.15) is 107 Å². The SMILES string of the molecule is CC.CC1CC1.COC(=O)Cc1ccc(C#Cc2cc(OC(C)C)c3c(c2)C(C)(C)CCC3=O)cc1. The first-order valence-corrected chi connectivity index (χ1v) is 13.1. The molecule has 0 aromatic heterocycles. The summed E-state index contributed by atoms with van der Waals surface area (Å²) in [6.45, 7) is 14.5. The Balaban J connectivity index is 0.000000677. The third-order valence-electron chi connectivity index (χ3n) is 6.20. The van der Waals surface area contributed by atoms with E-state index in [9.17, 15) is 9.59 Å². The summed E-state index contributed by atoms with van der Waals surface area (Å²) < 4.78 is 10.7. The topological polar surface area (TPSA) is 52.6 Å². The van der Waals surface area contributed by atoms with Crippen molar-refractivity contribution in [2.75, 3.05) is 7.11 Å². The maximum atomic E-state index is 12.6. The van der Waals surface area contributed by atoms with Gasteiger partial charge in [-0.2, -0.15) is 0 Å². The number of hydrogen-bond donors (Lipinski definition) is 0. The Morgan fingerprint density at radius 2 is 1.64 bits per heavy atom. The number of esters is 1. The van der Waals surface area contributed by atoms with Crippen molar-refractivity contribution in [2.45, 2.75) is 92.1 Å². The van der Waals surface area contributed by atoms with E-state index in [-0.39, 0.29) is 29.7 Å². The highest BCUT2D eigenvalue weighted by Gasteiger charge is 2.34. The second-order valence-electron chi connectivity index (χ2n) is 10.3. The van der Waals surface area contributed by atoms with Gasteiger partial charge in [-0.25, -0.2) is 0 Å². The van der Waals surface area contributed by atoms with Crippen LogP contribution in [-0.2, 0) is 21.4 Å². The predicted molar refractivity (Wildman–Crippen MR) is 147 cm³/mol. The number of carbonyl (C=O) groups is 2. The van der Waals surface area contributed by atoms with Gasteiger partial charge in [-0.1, -0.05) is 71.4 Å². The molecule has 0 atom stereocenters. The van der Waals surface area contributed by atoms with E-state index in [1.165, 1.54) is 20.0 Å². The fraction of sp³-hybridized carbons (Fsp3) is 0.500. The van der Waals surface area contributed by atoms with Gasteiger partial charge in [0, 0.05) is 17.5 Å². The van der Waals surface area contributed by atoms with Crippen molar-refractivity contribution in [1.82, 2.24) is 0 Å². The van der Waals surface area contributed by atoms with E-state index in [2.05, 4.69) is 32.6 Å². The summed E-state index contributed by atoms with van der Waals surface area (Å²) >= 11 is 0. The Kier molecular flexibility index (Phi) is 10.8. The monoisotopic (exact) mass is 490 g/mol. The molecule has 0 radical (unpaired) electrons. The van der Waals surface area contributed by atoms with Crippen molar-refractivity contribution in [3.05, 3.63) is 64.2 Å². The van der Waals surface area contributed by atoms with Gasteiger partial charge >= 0.3 is 5.97 Å². The lowest BCUT2D eigenvalue weighted by Crippen LogP contribution is -2.28. The summed E-state index contributed by atoms with van der Waals surface area (Å²) in [6.07, 6.45) is 4.54. The molecule has 1 fully saturated rings. The molecule has 0 unspecified atom stereocenters. The molecule has 0 bridgehead atoms. The van der Waals surface area contributed by atoms with Crippen LogP contribution < -0.4 is 4.74 Å². The van der Waals surface area contributed by atoms with Crippen LogP contribution in [0.25, 0.3) is 0 Å². The normalized spacial score (nSPS) is 15.2. The molecule has 4 heteroatoms.